The number of hydrogen-bond acceptors (Lipinski definition) is 3. The average Bonchev–Trinajstić information content (AvgIpc) is 2.62. The monoisotopic (exact) mass is 178 g/mol. The van der Waals surface area contributed by atoms with Gasteiger partial charge in [-0.2, -0.15) is 0 Å². The van der Waals surface area contributed by atoms with Gasteiger partial charge in [-0.05, 0) is 0 Å². The first-order valence-corrected chi connectivity index (χ1v) is 3.90. The lowest BCUT2D eigenvalue weighted by Gasteiger charge is -1.93. The second-order valence-corrected chi connectivity index (χ2v) is 2.35. The molecule has 0 spiro atoms. The van der Waals surface area contributed by atoms with Crippen molar-refractivity contribution in [2.24, 2.45) is 0 Å². The molecular weight excluding hydrogens is 168 g/mol. The summed E-state index contributed by atoms with van der Waals surface area (Å²) >= 11 is 0. The van der Waals surface area contributed by atoms with Crippen LogP contribution >= 0.6 is 0 Å². The molecule has 0 saturated carbocycles. The van der Waals surface area contributed by atoms with E-state index in [0.717, 1.165) is 6.42 Å². The second kappa shape index (κ2) is 4.26. The Kier molecular flexibility index (Phi) is 3.03. The van der Waals surface area contributed by atoms with Crippen LogP contribution in [0, 0.1) is 12.3 Å². The van der Waals surface area contributed by atoms with E-state index >= 15 is 0 Å². The molecule has 1 aromatic heterocycles. The molecule has 5 heteroatoms. The van der Waals surface area contributed by atoms with Crippen LogP contribution in [-0.4, -0.2) is 27.6 Å². The fourth-order valence-corrected chi connectivity index (χ4v) is 0.765. The van der Waals surface area contributed by atoms with Gasteiger partial charge in [0.1, 0.15) is 5.82 Å². The molecule has 1 amide bonds. The van der Waals surface area contributed by atoms with Gasteiger partial charge in [-0.25, -0.2) is 4.98 Å². The lowest BCUT2D eigenvalue weighted by Crippen LogP contribution is -2.24. The SMILES string of the molecule is C#CCNC(=O)c1n[nH]c(CC)n1. The molecule has 1 rings (SSSR count). The highest BCUT2D eigenvalue weighted by Gasteiger charge is 2.09. The quantitative estimate of drug-likeness (QED) is 0.626. The van der Waals surface area contributed by atoms with Gasteiger partial charge in [0.2, 0.25) is 5.82 Å². The molecule has 0 aliphatic rings. The van der Waals surface area contributed by atoms with Crippen LogP contribution in [0.1, 0.15) is 23.4 Å². The Morgan fingerprint density at radius 1 is 1.77 bits per heavy atom. The number of carbonyl (C=O) groups excluding carboxylic acids is 1. The fourth-order valence-electron chi connectivity index (χ4n) is 0.765. The topological polar surface area (TPSA) is 70.7 Å². The van der Waals surface area contributed by atoms with Gasteiger partial charge in [0.05, 0.1) is 6.54 Å². The predicted octanol–water partition coefficient (Wildman–Crippen LogP) is -0.270. The number of amides is 1. The Hall–Kier alpha value is -1.83. The molecule has 0 unspecified atom stereocenters. The van der Waals surface area contributed by atoms with Crippen molar-refractivity contribution in [3.05, 3.63) is 11.6 Å². The van der Waals surface area contributed by atoms with Crippen molar-refractivity contribution in [1.82, 2.24) is 20.5 Å². The van der Waals surface area contributed by atoms with E-state index in [1.807, 2.05) is 6.92 Å². The molecule has 1 heterocycles. The molecule has 0 radical (unpaired) electrons. The minimum atomic E-state index is -0.353. The zero-order valence-corrected chi connectivity index (χ0v) is 7.29. The number of aryl methyl sites for hydroxylation is 1. The summed E-state index contributed by atoms with van der Waals surface area (Å²) < 4.78 is 0. The van der Waals surface area contributed by atoms with Crippen LogP contribution in [0.4, 0.5) is 0 Å². The maximum Gasteiger partial charge on any atom is 0.291 e. The van der Waals surface area contributed by atoms with Gasteiger partial charge < -0.3 is 5.32 Å². The Morgan fingerprint density at radius 2 is 2.54 bits per heavy atom. The smallest absolute Gasteiger partial charge is 0.291 e. The summed E-state index contributed by atoms with van der Waals surface area (Å²) in [6, 6.07) is 0. The minimum Gasteiger partial charge on any atom is -0.338 e. The zero-order chi connectivity index (χ0) is 9.68. The molecule has 68 valence electrons. The second-order valence-electron chi connectivity index (χ2n) is 2.35. The number of rotatable bonds is 3. The van der Waals surface area contributed by atoms with Crippen LogP contribution in [0.15, 0.2) is 0 Å². The zero-order valence-electron chi connectivity index (χ0n) is 7.29. The van der Waals surface area contributed by atoms with E-state index in [0.29, 0.717) is 5.82 Å². The fraction of sp³-hybridized carbons (Fsp3) is 0.375. The molecule has 0 aliphatic carbocycles. The number of aromatic nitrogens is 3. The van der Waals surface area contributed by atoms with Crippen LogP contribution in [0.25, 0.3) is 0 Å². The van der Waals surface area contributed by atoms with Crippen LogP contribution in [0.2, 0.25) is 0 Å². The van der Waals surface area contributed by atoms with E-state index in [1.54, 1.807) is 0 Å². The molecule has 0 bridgehead atoms. The van der Waals surface area contributed by atoms with E-state index < -0.39 is 0 Å². The van der Waals surface area contributed by atoms with Crippen LogP contribution in [0.5, 0.6) is 0 Å². The van der Waals surface area contributed by atoms with Gasteiger partial charge in [0.25, 0.3) is 5.91 Å². The highest BCUT2D eigenvalue weighted by atomic mass is 16.2. The Morgan fingerprint density at radius 3 is 3.08 bits per heavy atom. The summed E-state index contributed by atoms with van der Waals surface area (Å²) in [5.41, 5.74) is 0. The number of H-pyrrole nitrogens is 1. The van der Waals surface area contributed by atoms with E-state index in [2.05, 4.69) is 26.4 Å². The molecule has 0 fully saturated rings. The first-order valence-electron chi connectivity index (χ1n) is 3.90. The van der Waals surface area contributed by atoms with Gasteiger partial charge in [0.15, 0.2) is 0 Å². The summed E-state index contributed by atoms with van der Waals surface area (Å²) in [4.78, 5) is 15.1. The maximum absolute atomic E-state index is 11.2. The van der Waals surface area contributed by atoms with Crippen LogP contribution in [-0.2, 0) is 6.42 Å². The lowest BCUT2D eigenvalue weighted by molar-refractivity contribution is 0.0948. The summed E-state index contributed by atoms with van der Waals surface area (Å²) in [6.45, 7) is 2.11. The van der Waals surface area contributed by atoms with Crippen molar-refractivity contribution < 1.29 is 4.79 Å². The first-order chi connectivity index (χ1) is 6.27. The number of nitrogens with one attached hydrogen (secondary N) is 2. The van der Waals surface area contributed by atoms with Crippen LogP contribution in [0.3, 0.4) is 0 Å². The molecule has 0 aromatic carbocycles. The van der Waals surface area contributed by atoms with Crippen molar-refractivity contribution in [3.63, 3.8) is 0 Å². The van der Waals surface area contributed by atoms with Crippen molar-refractivity contribution >= 4 is 5.91 Å². The summed E-state index contributed by atoms with van der Waals surface area (Å²) in [6.07, 6.45) is 5.69. The van der Waals surface area contributed by atoms with E-state index in [1.165, 1.54) is 0 Å². The maximum atomic E-state index is 11.2. The third-order valence-electron chi connectivity index (χ3n) is 1.42. The molecule has 13 heavy (non-hydrogen) atoms. The summed E-state index contributed by atoms with van der Waals surface area (Å²) in [5, 5.41) is 8.83. The summed E-state index contributed by atoms with van der Waals surface area (Å²) in [7, 11) is 0. The molecule has 0 atom stereocenters. The molecule has 1 aromatic rings. The van der Waals surface area contributed by atoms with E-state index in [4.69, 9.17) is 6.42 Å². The first kappa shape index (κ1) is 9.26. The largest absolute Gasteiger partial charge is 0.338 e. The number of terminal acetylenes is 1. The van der Waals surface area contributed by atoms with Gasteiger partial charge in [0, 0.05) is 6.42 Å². The molecule has 5 nitrogen and oxygen atoms in total. The number of carbonyl (C=O) groups is 1. The Labute approximate surface area is 75.9 Å². The van der Waals surface area contributed by atoms with Crippen LogP contribution < -0.4 is 5.32 Å². The molecule has 2 N–H and O–H groups in total. The standard InChI is InChI=1S/C8H10N4O/c1-3-5-9-8(13)7-10-6(4-2)11-12-7/h1H,4-5H2,2H3,(H,9,13)(H,10,11,12). The van der Waals surface area contributed by atoms with Gasteiger partial charge in [-0.1, -0.05) is 12.8 Å². The third kappa shape index (κ3) is 2.30. The Bertz CT molecular complexity index is 336. The minimum absolute atomic E-state index is 0.132. The van der Waals surface area contributed by atoms with Gasteiger partial charge >= 0.3 is 0 Å². The highest BCUT2D eigenvalue weighted by Crippen LogP contribution is 1.92. The van der Waals surface area contributed by atoms with Crippen molar-refractivity contribution in [1.29, 1.82) is 0 Å². The van der Waals surface area contributed by atoms with Crippen molar-refractivity contribution in [2.45, 2.75) is 13.3 Å². The normalized spacial score (nSPS) is 9.23. The van der Waals surface area contributed by atoms with E-state index in [-0.39, 0.29) is 18.3 Å². The average molecular weight is 178 g/mol. The molecule has 0 saturated heterocycles. The number of nitrogens with zero attached hydrogens (tertiary/aromatic N) is 2. The molecular formula is C8H10N4O. The van der Waals surface area contributed by atoms with Crippen molar-refractivity contribution in [3.8, 4) is 12.3 Å². The van der Waals surface area contributed by atoms with Crippen molar-refractivity contribution in [2.75, 3.05) is 6.54 Å². The number of aromatic amines is 1. The lowest BCUT2D eigenvalue weighted by atomic mass is 10.4. The predicted molar refractivity (Wildman–Crippen MR) is 46.9 cm³/mol. The third-order valence-corrected chi connectivity index (χ3v) is 1.42. The highest BCUT2D eigenvalue weighted by molar-refractivity contribution is 5.90. The molecule has 0 aliphatic heterocycles. The van der Waals surface area contributed by atoms with Gasteiger partial charge in [-0.15, -0.1) is 11.5 Å². The number of hydrogen-bond donors (Lipinski definition) is 2. The van der Waals surface area contributed by atoms with Gasteiger partial charge in [-0.3, -0.25) is 9.89 Å². The van der Waals surface area contributed by atoms with E-state index in [9.17, 15) is 4.79 Å². The summed E-state index contributed by atoms with van der Waals surface area (Å²) in [5.74, 6) is 2.76. The Balaban J connectivity index is 2.62.